The van der Waals surface area contributed by atoms with Crippen LogP contribution in [0.4, 0.5) is 0 Å². The first-order valence-electron chi connectivity index (χ1n) is 8.18. The number of hydrogen-bond donors (Lipinski definition) is 3. The Balaban J connectivity index is 0.00000264. The number of hydrogen-bond acceptors (Lipinski definition) is 4. The van der Waals surface area contributed by atoms with Crippen molar-refractivity contribution in [2.45, 2.75) is 39.3 Å². The third kappa shape index (κ3) is 8.03. The minimum atomic E-state index is 0. The monoisotopic (exact) mass is 317 g/mol. The van der Waals surface area contributed by atoms with Crippen molar-refractivity contribution in [1.29, 1.82) is 0 Å². The number of nitrogens with one attached hydrogen (secondary N) is 3. The Hall–Kier alpha value is -1.54. The van der Waals surface area contributed by atoms with Gasteiger partial charge < -0.3 is 20.7 Å². The highest BCUT2D eigenvalue weighted by atomic mass is 16.5. The summed E-state index contributed by atoms with van der Waals surface area (Å²) in [5.41, 5.74) is 1.26. The number of ether oxygens (including phenoxy) is 1. The molecule has 4 nitrogen and oxygen atoms in total. The first kappa shape index (κ1) is 19.5. The van der Waals surface area contributed by atoms with Crippen LogP contribution in [0, 0.1) is 12.3 Å². The molecule has 1 aromatic carbocycles. The summed E-state index contributed by atoms with van der Waals surface area (Å²) in [5.74, 6) is 3.30. The molecule has 0 radical (unpaired) electrons. The lowest BCUT2D eigenvalue weighted by Crippen LogP contribution is -2.40. The van der Waals surface area contributed by atoms with Crippen LogP contribution in [0.5, 0.6) is 5.75 Å². The van der Waals surface area contributed by atoms with E-state index in [1.54, 1.807) is 0 Å². The van der Waals surface area contributed by atoms with Gasteiger partial charge in [0.2, 0.25) is 0 Å². The topological polar surface area (TPSA) is 45.3 Å². The minimum absolute atomic E-state index is 0. The van der Waals surface area contributed by atoms with Gasteiger partial charge in [0.1, 0.15) is 12.4 Å². The predicted molar refractivity (Wildman–Crippen MR) is 97.7 cm³/mol. The van der Waals surface area contributed by atoms with Gasteiger partial charge in [-0.1, -0.05) is 31.9 Å². The SMILES string of the molecule is C.C#CCOc1ccc(CNCC2CCCCNCCN2)cc1. The molecule has 0 saturated carbocycles. The molecule has 0 spiro atoms. The summed E-state index contributed by atoms with van der Waals surface area (Å²) in [5, 5.41) is 10.6. The summed E-state index contributed by atoms with van der Waals surface area (Å²) in [6.45, 7) is 5.47. The summed E-state index contributed by atoms with van der Waals surface area (Å²) in [6, 6.07) is 8.67. The second-order valence-corrected chi connectivity index (χ2v) is 5.66. The quantitative estimate of drug-likeness (QED) is 0.704. The highest BCUT2D eigenvalue weighted by Gasteiger charge is 2.08. The van der Waals surface area contributed by atoms with E-state index < -0.39 is 0 Å². The fourth-order valence-corrected chi connectivity index (χ4v) is 2.63. The van der Waals surface area contributed by atoms with E-state index in [2.05, 4.69) is 34.0 Å². The highest BCUT2D eigenvalue weighted by Crippen LogP contribution is 2.12. The lowest BCUT2D eigenvalue weighted by atomic mass is 10.1. The van der Waals surface area contributed by atoms with E-state index in [0.29, 0.717) is 12.6 Å². The zero-order valence-corrected chi connectivity index (χ0v) is 13.2. The Labute approximate surface area is 141 Å². The van der Waals surface area contributed by atoms with Crippen molar-refractivity contribution in [3.63, 3.8) is 0 Å². The molecule has 2 rings (SSSR count). The van der Waals surface area contributed by atoms with Crippen LogP contribution in [-0.2, 0) is 6.54 Å². The minimum Gasteiger partial charge on any atom is -0.481 e. The Bertz CT molecular complexity index is 443. The average molecular weight is 317 g/mol. The smallest absolute Gasteiger partial charge is 0.148 e. The standard InChI is InChI=1S/C18H27N3O.CH4/c1-2-13-22-18-8-6-16(7-9-18)14-20-15-17-5-3-4-10-19-11-12-21-17;/h1,6-9,17,19-21H,3-5,10-15H2;1H4. The molecule has 1 saturated heterocycles. The second kappa shape index (κ2) is 12.0. The molecule has 4 heteroatoms. The van der Waals surface area contributed by atoms with Crippen molar-refractivity contribution in [3.8, 4) is 18.1 Å². The molecule has 1 aromatic rings. The lowest BCUT2D eigenvalue weighted by molar-refractivity contribution is 0.370. The number of terminal acetylenes is 1. The van der Waals surface area contributed by atoms with E-state index in [1.807, 2.05) is 12.1 Å². The van der Waals surface area contributed by atoms with Crippen LogP contribution in [-0.4, -0.2) is 38.8 Å². The molecule has 1 aliphatic rings. The molecular formula is C19H31N3O. The van der Waals surface area contributed by atoms with Crippen LogP contribution in [0.2, 0.25) is 0 Å². The van der Waals surface area contributed by atoms with Gasteiger partial charge in [0.15, 0.2) is 0 Å². The van der Waals surface area contributed by atoms with Gasteiger partial charge in [-0.3, -0.25) is 0 Å². The van der Waals surface area contributed by atoms with E-state index in [1.165, 1.54) is 24.8 Å². The maximum Gasteiger partial charge on any atom is 0.148 e. The molecule has 1 atom stereocenters. The Morgan fingerprint density at radius 2 is 2.00 bits per heavy atom. The first-order valence-corrected chi connectivity index (χ1v) is 8.18. The Morgan fingerprint density at radius 1 is 1.17 bits per heavy atom. The van der Waals surface area contributed by atoms with Gasteiger partial charge in [0, 0.05) is 32.2 Å². The van der Waals surface area contributed by atoms with Gasteiger partial charge in [-0.2, -0.15) is 0 Å². The van der Waals surface area contributed by atoms with Crippen LogP contribution in [0.15, 0.2) is 24.3 Å². The van der Waals surface area contributed by atoms with Crippen molar-refractivity contribution >= 4 is 0 Å². The van der Waals surface area contributed by atoms with Gasteiger partial charge in [-0.25, -0.2) is 0 Å². The van der Waals surface area contributed by atoms with E-state index >= 15 is 0 Å². The third-order valence-electron chi connectivity index (χ3n) is 3.86. The molecule has 1 fully saturated rings. The van der Waals surface area contributed by atoms with E-state index in [4.69, 9.17) is 11.2 Å². The molecule has 0 bridgehead atoms. The second-order valence-electron chi connectivity index (χ2n) is 5.66. The summed E-state index contributed by atoms with van der Waals surface area (Å²) in [4.78, 5) is 0. The van der Waals surface area contributed by atoms with E-state index in [9.17, 15) is 0 Å². The normalized spacial score (nSPS) is 18.7. The van der Waals surface area contributed by atoms with Gasteiger partial charge in [0.25, 0.3) is 0 Å². The molecule has 3 N–H and O–H groups in total. The molecule has 0 aliphatic carbocycles. The van der Waals surface area contributed by atoms with Crippen molar-refractivity contribution in [2.75, 3.05) is 32.8 Å². The molecule has 23 heavy (non-hydrogen) atoms. The fraction of sp³-hybridized carbons (Fsp3) is 0.579. The zero-order valence-electron chi connectivity index (χ0n) is 13.2. The zero-order chi connectivity index (χ0) is 15.5. The van der Waals surface area contributed by atoms with Crippen molar-refractivity contribution in [3.05, 3.63) is 29.8 Å². The van der Waals surface area contributed by atoms with Gasteiger partial charge in [-0.05, 0) is 37.1 Å². The van der Waals surface area contributed by atoms with Crippen LogP contribution in [0.3, 0.4) is 0 Å². The largest absolute Gasteiger partial charge is 0.481 e. The molecule has 1 unspecified atom stereocenters. The summed E-state index contributed by atoms with van der Waals surface area (Å²) in [6.07, 6.45) is 8.98. The van der Waals surface area contributed by atoms with Crippen molar-refractivity contribution in [1.82, 2.24) is 16.0 Å². The Morgan fingerprint density at radius 3 is 2.78 bits per heavy atom. The molecule has 1 aliphatic heterocycles. The predicted octanol–water partition coefficient (Wildman–Crippen LogP) is 2.16. The van der Waals surface area contributed by atoms with Crippen LogP contribution >= 0.6 is 0 Å². The van der Waals surface area contributed by atoms with Crippen molar-refractivity contribution < 1.29 is 4.74 Å². The molecular weight excluding hydrogens is 286 g/mol. The first-order chi connectivity index (χ1) is 10.9. The summed E-state index contributed by atoms with van der Waals surface area (Å²) >= 11 is 0. The number of rotatable bonds is 6. The van der Waals surface area contributed by atoms with E-state index in [-0.39, 0.29) is 7.43 Å². The van der Waals surface area contributed by atoms with Gasteiger partial charge >= 0.3 is 0 Å². The van der Waals surface area contributed by atoms with Crippen molar-refractivity contribution in [2.24, 2.45) is 0 Å². The molecule has 0 amide bonds. The Kier molecular flexibility index (Phi) is 10.1. The van der Waals surface area contributed by atoms with Gasteiger partial charge in [0.05, 0.1) is 0 Å². The highest BCUT2D eigenvalue weighted by molar-refractivity contribution is 5.27. The maximum absolute atomic E-state index is 5.37. The average Bonchev–Trinajstić information content (AvgIpc) is 2.68. The third-order valence-corrected chi connectivity index (χ3v) is 3.86. The molecule has 0 aromatic heterocycles. The number of benzene rings is 1. The summed E-state index contributed by atoms with van der Waals surface area (Å²) in [7, 11) is 0. The summed E-state index contributed by atoms with van der Waals surface area (Å²) < 4.78 is 5.37. The van der Waals surface area contributed by atoms with Crippen LogP contribution in [0.1, 0.15) is 32.3 Å². The van der Waals surface area contributed by atoms with Crippen LogP contribution in [0.25, 0.3) is 0 Å². The maximum atomic E-state index is 5.37. The van der Waals surface area contributed by atoms with Crippen LogP contribution < -0.4 is 20.7 Å². The molecule has 1 heterocycles. The molecule has 128 valence electrons. The fourth-order valence-electron chi connectivity index (χ4n) is 2.63. The van der Waals surface area contributed by atoms with E-state index in [0.717, 1.165) is 38.5 Å². The lowest BCUT2D eigenvalue weighted by Gasteiger charge is -2.18. The van der Waals surface area contributed by atoms with Gasteiger partial charge in [-0.15, -0.1) is 6.42 Å².